The first-order valence-electron chi connectivity index (χ1n) is 6.15. The van der Waals surface area contributed by atoms with E-state index in [0.29, 0.717) is 6.54 Å². The molecule has 1 saturated carbocycles. The molecule has 3 N–H and O–H groups in total. The molecule has 0 aromatic heterocycles. The first-order chi connectivity index (χ1) is 8.00. The van der Waals surface area contributed by atoms with Gasteiger partial charge in [0.2, 0.25) is 0 Å². The lowest BCUT2D eigenvalue weighted by Gasteiger charge is -2.38. The van der Waals surface area contributed by atoms with E-state index in [9.17, 15) is 4.79 Å². The molecular formula is C14H21ClN2O. The maximum Gasteiger partial charge on any atom is 0.251 e. The quantitative estimate of drug-likeness (QED) is 0.884. The first-order valence-corrected chi connectivity index (χ1v) is 6.15. The van der Waals surface area contributed by atoms with E-state index in [4.69, 9.17) is 5.73 Å². The normalized spacial score (nSPS) is 16.4. The number of aryl methyl sites for hydroxylation is 2. The van der Waals surface area contributed by atoms with Crippen LogP contribution in [-0.2, 0) is 0 Å². The largest absolute Gasteiger partial charge is 0.350 e. The molecular weight excluding hydrogens is 248 g/mol. The zero-order valence-corrected chi connectivity index (χ0v) is 11.8. The summed E-state index contributed by atoms with van der Waals surface area (Å²) in [6, 6.07) is 5.86. The van der Waals surface area contributed by atoms with Crippen LogP contribution < -0.4 is 11.1 Å². The highest BCUT2D eigenvalue weighted by atomic mass is 35.5. The third-order valence-corrected chi connectivity index (χ3v) is 3.58. The second kappa shape index (κ2) is 5.72. The van der Waals surface area contributed by atoms with Gasteiger partial charge < -0.3 is 11.1 Å². The van der Waals surface area contributed by atoms with Gasteiger partial charge in [0.1, 0.15) is 0 Å². The summed E-state index contributed by atoms with van der Waals surface area (Å²) in [6.45, 7) is 4.57. The number of hydrogen-bond donors (Lipinski definition) is 2. The summed E-state index contributed by atoms with van der Waals surface area (Å²) in [5.74, 6) is -0.0146. The SMILES string of the molecule is Cc1ccc(C(=O)NCC2(N)CCC2)c(C)c1.Cl. The predicted octanol–water partition coefficient (Wildman–Crippen LogP) is 2.34. The average molecular weight is 269 g/mol. The molecule has 3 nitrogen and oxygen atoms in total. The molecule has 1 aromatic rings. The van der Waals surface area contributed by atoms with E-state index in [-0.39, 0.29) is 23.9 Å². The topological polar surface area (TPSA) is 55.1 Å². The Morgan fingerprint density at radius 1 is 1.39 bits per heavy atom. The maximum atomic E-state index is 12.0. The third-order valence-electron chi connectivity index (χ3n) is 3.58. The van der Waals surface area contributed by atoms with Gasteiger partial charge in [-0.2, -0.15) is 0 Å². The highest BCUT2D eigenvalue weighted by Gasteiger charge is 2.32. The Labute approximate surface area is 115 Å². The van der Waals surface area contributed by atoms with Gasteiger partial charge in [0.15, 0.2) is 0 Å². The summed E-state index contributed by atoms with van der Waals surface area (Å²) < 4.78 is 0. The van der Waals surface area contributed by atoms with Crippen molar-refractivity contribution in [1.29, 1.82) is 0 Å². The molecule has 2 rings (SSSR count). The average Bonchev–Trinajstić information content (AvgIpc) is 2.23. The molecule has 1 aliphatic rings. The molecule has 0 bridgehead atoms. The van der Waals surface area contributed by atoms with Crippen molar-refractivity contribution in [2.75, 3.05) is 6.54 Å². The third kappa shape index (κ3) is 3.24. The molecule has 18 heavy (non-hydrogen) atoms. The fraction of sp³-hybridized carbons (Fsp3) is 0.500. The predicted molar refractivity (Wildman–Crippen MR) is 76.3 cm³/mol. The zero-order chi connectivity index (χ0) is 12.5. The highest BCUT2D eigenvalue weighted by Crippen LogP contribution is 2.28. The van der Waals surface area contributed by atoms with Crippen LogP contribution in [-0.4, -0.2) is 18.0 Å². The van der Waals surface area contributed by atoms with Gasteiger partial charge in [-0.05, 0) is 44.7 Å². The van der Waals surface area contributed by atoms with Gasteiger partial charge in [-0.1, -0.05) is 17.7 Å². The van der Waals surface area contributed by atoms with Crippen LogP contribution in [0.4, 0.5) is 0 Å². The number of carbonyl (C=O) groups is 1. The van der Waals surface area contributed by atoms with Crippen LogP contribution in [0, 0.1) is 13.8 Å². The van der Waals surface area contributed by atoms with Crippen LogP contribution in [0.25, 0.3) is 0 Å². The van der Waals surface area contributed by atoms with Crippen molar-refractivity contribution in [1.82, 2.24) is 5.32 Å². The van der Waals surface area contributed by atoms with Crippen LogP contribution in [0.1, 0.15) is 40.7 Å². The molecule has 1 aromatic carbocycles. The molecule has 0 saturated heterocycles. The Morgan fingerprint density at radius 2 is 2.06 bits per heavy atom. The van der Waals surface area contributed by atoms with Gasteiger partial charge >= 0.3 is 0 Å². The lowest BCUT2D eigenvalue weighted by molar-refractivity contribution is 0.0929. The van der Waals surface area contributed by atoms with E-state index in [1.165, 1.54) is 12.0 Å². The van der Waals surface area contributed by atoms with Gasteiger partial charge in [0.05, 0.1) is 0 Å². The van der Waals surface area contributed by atoms with Gasteiger partial charge in [-0.15, -0.1) is 12.4 Å². The maximum absolute atomic E-state index is 12.0. The van der Waals surface area contributed by atoms with Gasteiger partial charge in [0, 0.05) is 17.6 Å². The fourth-order valence-electron chi connectivity index (χ4n) is 2.23. The molecule has 1 fully saturated rings. The molecule has 0 unspecified atom stereocenters. The van der Waals surface area contributed by atoms with Gasteiger partial charge in [-0.25, -0.2) is 0 Å². The van der Waals surface area contributed by atoms with E-state index in [1.54, 1.807) is 0 Å². The van der Waals surface area contributed by atoms with E-state index in [0.717, 1.165) is 24.0 Å². The molecule has 0 spiro atoms. The smallest absolute Gasteiger partial charge is 0.251 e. The van der Waals surface area contributed by atoms with E-state index in [2.05, 4.69) is 5.32 Å². The molecule has 0 atom stereocenters. The van der Waals surface area contributed by atoms with Crippen LogP contribution in [0.3, 0.4) is 0 Å². The first kappa shape index (κ1) is 15.0. The van der Waals surface area contributed by atoms with Crippen LogP contribution in [0.15, 0.2) is 18.2 Å². The molecule has 100 valence electrons. The summed E-state index contributed by atoms with van der Waals surface area (Å²) in [5, 5.41) is 2.94. The second-order valence-electron chi connectivity index (χ2n) is 5.22. The van der Waals surface area contributed by atoms with Crippen molar-refractivity contribution in [2.45, 2.75) is 38.6 Å². The van der Waals surface area contributed by atoms with Crippen molar-refractivity contribution < 1.29 is 4.79 Å². The van der Waals surface area contributed by atoms with Crippen molar-refractivity contribution >= 4 is 18.3 Å². The van der Waals surface area contributed by atoms with Crippen LogP contribution in [0.2, 0.25) is 0 Å². The highest BCUT2D eigenvalue weighted by molar-refractivity contribution is 5.95. The van der Waals surface area contributed by atoms with Crippen molar-refractivity contribution in [3.63, 3.8) is 0 Å². The standard InChI is InChI=1S/C14H20N2O.ClH/c1-10-4-5-12(11(2)8-10)13(17)16-9-14(15)6-3-7-14;/h4-5,8H,3,6-7,9,15H2,1-2H3,(H,16,17);1H. The summed E-state index contributed by atoms with van der Waals surface area (Å²) in [7, 11) is 0. The number of hydrogen-bond acceptors (Lipinski definition) is 2. The lowest BCUT2D eigenvalue weighted by atomic mass is 9.78. The summed E-state index contributed by atoms with van der Waals surface area (Å²) in [4.78, 5) is 12.0. The van der Waals surface area contributed by atoms with Crippen molar-refractivity contribution in [2.24, 2.45) is 5.73 Å². The Hall–Kier alpha value is -1.06. The fourth-order valence-corrected chi connectivity index (χ4v) is 2.23. The van der Waals surface area contributed by atoms with Gasteiger partial charge in [-0.3, -0.25) is 4.79 Å². The monoisotopic (exact) mass is 268 g/mol. The van der Waals surface area contributed by atoms with Crippen molar-refractivity contribution in [3.8, 4) is 0 Å². The number of amides is 1. The minimum atomic E-state index is -0.158. The molecule has 0 aliphatic heterocycles. The number of nitrogens with one attached hydrogen (secondary N) is 1. The number of rotatable bonds is 3. The molecule has 0 heterocycles. The second-order valence-corrected chi connectivity index (χ2v) is 5.22. The van der Waals surface area contributed by atoms with Crippen molar-refractivity contribution in [3.05, 3.63) is 34.9 Å². The van der Waals surface area contributed by atoms with Gasteiger partial charge in [0.25, 0.3) is 5.91 Å². The molecule has 0 radical (unpaired) electrons. The van der Waals surface area contributed by atoms with Crippen LogP contribution >= 0.6 is 12.4 Å². The Morgan fingerprint density at radius 3 is 2.56 bits per heavy atom. The molecule has 1 amide bonds. The number of nitrogens with two attached hydrogens (primary N) is 1. The minimum Gasteiger partial charge on any atom is -0.350 e. The summed E-state index contributed by atoms with van der Waals surface area (Å²) >= 11 is 0. The zero-order valence-electron chi connectivity index (χ0n) is 11.0. The number of benzene rings is 1. The Bertz CT molecular complexity index is 441. The molecule has 1 aliphatic carbocycles. The van der Waals surface area contributed by atoms with E-state index >= 15 is 0 Å². The molecule has 4 heteroatoms. The Balaban J connectivity index is 0.00000162. The van der Waals surface area contributed by atoms with Crippen LogP contribution in [0.5, 0.6) is 0 Å². The minimum absolute atomic E-state index is 0. The Kier molecular flexibility index (Phi) is 4.77. The van der Waals surface area contributed by atoms with E-state index < -0.39 is 0 Å². The summed E-state index contributed by atoms with van der Waals surface area (Å²) in [6.07, 6.45) is 3.20. The number of carbonyl (C=O) groups excluding carboxylic acids is 1. The lowest BCUT2D eigenvalue weighted by Crippen LogP contribution is -2.54. The summed E-state index contributed by atoms with van der Waals surface area (Å²) in [5.41, 5.74) is 8.86. The van der Waals surface area contributed by atoms with E-state index in [1.807, 2.05) is 32.0 Å². The number of halogens is 1.